The summed E-state index contributed by atoms with van der Waals surface area (Å²) in [6, 6.07) is 11.4. The number of methoxy groups -OCH3 is 1. The van der Waals surface area contributed by atoms with E-state index in [9.17, 15) is 13.6 Å². The third kappa shape index (κ3) is 4.59. The predicted molar refractivity (Wildman–Crippen MR) is 105 cm³/mol. The molecule has 0 aromatic heterocycles. The van der Waals surface area contributed by atoms with Gasteiger partial charge in [0, 0.05) is 32.2 Å². The van der Waals surface area contributed by atoms with E-state index >= 15 is 0 Å². The minimum atomic E-state index is -0.884. The second-order valence-corrected chi connectivity index (χ2v) is 6.82. The summed E-state index contributed by atoms with van der Waals surface area (Å²) in [5.41, 5.74) is 1.63. The summed E-state index contributed by atoms with van der Waals surface area (Å²) >= 11 is 0. The van der Waals surface area contributed by atoms with Gasteiger partial charge in [-0.25, -0.2) is 8.78 Å². The van der Waals surface area contributed by atoms with Crippen molar-refractivity contribution in [2.75, 3.05) is 44.7 Å². The lowest BCUT2D eigenvalue weighted by Crippen LogP contribution is -2.51. The lowest BCUT2D eigenvalue weighted by Gasteiger charge is -2.36. The Balaban J connectivity index is 1.50. The Labute approximate surface area is 163 Å². The van der Waals surface area contributed by atoms with Crippen molar-refractivity contribution < 1.29 is 18.3 Å². The highest BCUT2D eigenvalue weighted by atomic mass is 19.2. The molecule has 5 nitrogen and oxygen atoms in total. The standard InChI is InChI=1S/C21H25F2N3O2/c1-15(16-7-8-17(22)18(23)13-16)24-14-21(27)26-11-9-25(10-12-26)19-5-3-4-6-20(19)28-2/h3-8,13,15,24H,9-12,14H2,1-2H3/t15-/m1/s1. The highest BCUT2D eigenvalue weighted by molar-refractivity contribution is 5.78. The Morgan fingerprint density at radius 1 is 1.11 bits per heavy atom. The van der Waals surface area contributed by atoms with Crippen LogP contribution in [0.3, 0.4) is 0 Å². The summed E-state index contributed by atoms with van der Waals surface area (Å²) in [5.74, 6) is -0.941. The van der Waals surface area contributed by atoms with Crippen LogP contribution in [0.2, 0.25) is 0 Å². The number of para-hydroxylation sites is 2. The van der Waals surface area contributed by atoms with E-state index in [-0.39, 0.29) is 18.5 Å². The van der Waals surface area contributed by atoms with Crippen molar-refractivity contribution in [3.05, 3.63) is 59.7 Å². The van der Waals surface area contributed by atoms with Crippen molar-refractivity contribution >= 4 is 11.6 Å². The molecule has 1 aliphatic rings. The Morgan fingerprint density at radius 2 is 1.82 bits per heavy atom. The van der Waals surface area contributed by atoms with Gasteiger partial charge in [0.1, 0.15) is 5.75 Å². The van der Waals surface area contributed by atoms with Crippen LogP contribution in [0.25, 0.3) is 0 Å². The molecule has 0 bridgehead atoms. The smallest absolute Gasteiger partial charge is 0.236 e. The van der Waals surface area contributed by atoms with Crippen molar-refractivity contribution in [1.29, 1.82) is 0 Å². The molecule has 0 aliphatic carbocycles. The van der Waals surface area contributed by atoms with Gasteiger partial charge in [-0.1, -0.05) is 18.2 Å². The largest absolute Gasteiger partial charge is 0.495 e. The molecule has 28 heavy (non-hydrogen) atoms. The molecular weight excluding hydrogens is 364 g/mol. The minimum Gasteiger partial charge on any atom is -0.495 e. The molecule has 0 unspecified atom stereocenters. The van der Waals surface area contributed by atoms with Gasteiger partial charge in [-0.3, -0.25) is 4.79 Å². The Kier molecular flexibility index (Phi) is 6.46. The van der Waals surface area contributed by atoms with E-state index in [4.69, 9.17) is 4.74 Å². The van der Waals surface area contributed by atoms with E-state index < -0.39 is 11.6 Å². The molecule has 1 saturated heterocycles. The van der Waals surface area contributed by atoms with Crippen molar-refractivity contribution in [2.24, 2.45) is 0 Å². The van der Waals surface area contributed by atoms with Crippen molar-refractivity contribution in [3.8, 4) is 5.75 Å². The van der Waals surface area contributed by atoms with E-state index in [1.54, 1.807) is 7.11 Å². The first kappa shape index (κ1) is 20.1. The monoisotopic (exact) mass is 389 g/mol. The van der Waals surface area contributed by atoms with Gasteiger partial charge in [-0.05, 0) is 36.8 Å². The quantitative estimate of drug-likeness (QED) is 0.825. The van der Waals surface area contributed by atoms with Gasteiger partial charge in [0.15, 0.2) is 11.6 Å². The molecule has 7 heteroatoms. The van der Waals surface area contributed by atoms with E-state index in [0.717, 1.165) is 36.7 Å². The van der Waals surface area contributed by atoms with Crippen LogP contribution in [-0.2, 0) is 4.79 Å². The first-order chi connectivity index (χ1) is 13.5. The normalized spacial score (nSPS) is 15.4. The van der Waals surface area contributed by atoms with Gasteiger partial charge in [0.2, 0.25) is 5.91 Å². The molecular formula is C21H25F2N3O2. The van der Waals surface area contributed by atoms with E-state index in [2.05, 4.69) is 10.2 Å². The highest BCUT2D eigenvalue weighted by Crippen LogP contribution is 2.28. The van der Waals surface area contributed by atoms with Crippen LogP contribution in [0.5, 0.6) is 5.75 Å². The SMILES string of the molecule is COc1ccccc1N1CCN(C(=O)CN[C@H](C)c2ccc(F)c(F)c2)CC1. The molecule has 2 aromatic carbocycles. The fourth-order valence-corrected chi connectivity index (χ4v) is 3.34. The summed E-state index contributed by atoms with van der Waals surface area (Å²) < 4.78 is 31.8. The van der Waals surface area contributed by atoms with Crippen molar-refractivity contribution in [2.45, 2.75) is 13.0 Å². The molecule has 0 saturated carbocycles. The molecule has 1 atom stereocenters. The van der Waals surface area contributed by atoms with Crippen LogP contribution in [0.15, 0.2) is 42.5 Å². The maximum absolute atomic E-state index is 13.4. The summed E-state index contributed by atoms with van der Waals surface area (Å²) in [6.07, 6.45) is 0. The first-order valence-corrected chi connectivity index (χ1v) is 9.33. The number of halogens is 2. The maximum Gasteiger partial charge on any atom is 0.236 e. The van der Waals surface area contributed by atoms with Crippen LogP contribution >= 0.6 is 0 Å². The number of carbonyl (C=O) groups is 1. The van der Waals surface area contributed by atoms with E-state index in [0.29, 0.717) is 18.7 Å². The number of hydrogen-bond donors (Lipinski definition) is 1. The van der Waals surface area contributed by atoms with Gasteiger partial charge in [0.05, 0.1) is 19.3 Å². The Hall–Kier alpha value is -2.67. The third-order valence-electron chi connectivity index (χ3n) is 5.06. The minimum absolute atomic E-state index is 0.00545. The lowest BCUT2D eigenvalue weighted by molar-refractivity contribution is -0.130. The zero-order valence-electron chi connectivity index (χ0n) is 16.1. The number of rotatable bonds is 6. The van der Waals surface area contributed by atoms with Gasteiger partial charge >= 0.3 is 0 Å². The number of nitrogens with zero attached hydrogens (tertiary/aromatic N) is 2. The molecule has 0 spiro atoms. The van der Waals surface area contributed by atoms with Crippen molar-refractivity contribution in [1.82, 2.24) is 10.2 Å². The number of hydrogen-bond acceptors (Lipinski definition) is 4. The Bertz CT molecular complexity index is 823. The fourth-order valence-electron chi connectivity index (χ4n) is 3.34. The molecule has 1 amide bonds. The van der Waals surface area contributed by atoms with Gasteiger partial charge in [-0.2, -0.15) is 0 Å². The molecule has 1 fully saturated rings. The van der Waals surface area contributed by atoms with Crippen LogP contribution in [-0.4, -0.2) is 50.6 Å². The van der Waals surface area contributed by atoms with Crippen LogP contribution in [0, 0.1) is 11.6 Å². The summed E-state index contributed by atoms with van der Waals surface area (Å²) in [4.78, 5) is 16.5. The Morgan fingerprint density at radius 3 is 2.50 bits per heavy atom. The topological polar surface area (TPSA) is 44.8 Å². The summed E-state index contributed by atoms with van der Waals surface area (Å²) in [6.45, 7) is 4.67. The molecule has 1 aliphatic heterocycles. The van der Waals surface area contributed by atoms with Gasteiger partial charge in [-0.15, -0.1) is 0 Å². The fraction of sp³-hybridized carbons (Fsp3) is 0.381. The average molecular weight is 389 g/mol. The first-order valence-electron chi connectivity index (χ1n) is 9.33. The number of nitrogens with one attached hydrogen (secondary N) is 1. The maximum atomic E-state index is 13.4. The number of piperazine rings is 1. The molecule has 1 N–H and O–H groups in total. The number of anilines is 1. The molecule has 150 valence electrons. The summed E-state index contributed by atoms with van der Waals surface area (Å²) in [5, 5.41) is 3.09. The molecule has 0 radical (unpaired) electrons. The van der Waals surface area contributed by atoms with Gasteiger partial charge in [0.25, 0.3) is 0 Å². The van der Waals surface area contributed by atoms with Crippen LogP contribution < -0.4 is 15.0 Å². The van der Waals surface area contributed by atoms with E-state index in [1.807, 2.05) is 36.1 Å². The van der Waals surface area contributed by atoms with Gasteiger partial charge < -0.3 is 19.9 Å². The molecule has 3 rings (SSSR count). The average Bonchev–Trinajstić information content (AvgIpc) is 2.73. The predicted octanol–water partition coefficient (Wildman–Crippen LogP) is 2.97. The van der Waals surface area contributed by atoms with E-state index in [1.165, 1.54) is 6.07 Å². The highest BCUT2D eigenvalue weighted by Gasteiger charge is 2.23. The zero-order valence-corrected chi connectivity index (χ0v) is 16.1. The third-order valence-corrected chi connectivity index (χ3v) is 5.06. The van der Waals surface area contributed by atoms with Crippen LogP contribution in [0.1, 0.15) is 18.5 Å². The number of benzene rings is 2. The molecule has 2 aromatic rings. The lowest BCUT2D eigenvalue weighted by atomic mass is 10.1. The number of ether oxygens (including phenoxy) is 1. The van der Waals surface area contributed by atoms with Crippen LogP contribution in [0.4, 0.5) is 14.5 Å². The van der Waals surface area contributed by atoms with Crippen molar-refractivity contribution in [3.63, 3.8) is 0 Å². The molecule has 1 heterocycles. The second-order valence-electron chi connectivity index (χ2n) is 6.82. The zero-order chi connectivity index (χ0) is 20.1. The number of carbonyl (C=O) groups excluding carboxylic acids is 1. The summed E-state index contributed by atoms with van der Waals surface area (Å²) in [7, 11) is 1.65. The second kappa shape index (κ2) is 9.01. The number of amides is 1.